The fraction of sp³-hybridized carbons (Fsp3) is 0.128. The van der Waals surface area contributed by atoms with Crippen LogP contribution in [-0.2, 0) is 12.8 Å². The molecule has 0 aliphatic heterocycles. The van der Waals surface area contributed by atoms with Crippen molar-refractivity contribution in [1.29, 1.82) is 0 Å². The summed E-state index contributed by atoms with van der Waals surface area (Å²) in [5, 5.41) is 7.92. The van der Waals surface area contributed by atoms with Crippen LogP contribution in [0.15, 0.2) is 133 Å². The van der Waals surface area contributed by atoms with E-state index in [0.29, 0.717) is 17.5 Å². The Morgan fingerprint density at radius 3 is 1.82 bits per heavy atom. The van der Waals surface area contributed by atoms with Gasteiger partial charge in [0.05, 0.1) is 0 Å². The molecule has 1 aliphatic carbocycles. The van der Waals surface area contributed by atoms with Crippen molar-refractivity contribution in [1.82, 2.24) is 15.0 Å². The second kappa shape index (κ2) is 12.5. The minimum absolute atomic E-state index is 0.676. The number of hydrogen-bond donors (Lipinski definition) is 0. The summed E-state index contributed by atoms with van der Waals surface area (Å²) in [5.74, 6) is 2.07. The van der Waals surface area contributed by atoms with Gasteiger partial charge < -0.3 is 0 Å². The van der Waals surface area contributed by atoms with Gasteiger partial charge in [-0.1, -0.05) is 147 Å². The number of rotatable bonds is 6. The lowest BCUT2D eigenvalue weighted by Gasteiger charge is -2.22. The molecule has 0 N–H and O–H groups in total. The first-order chi connectivity index (χ1) is 24.7. The van der Waals surface area contributed by atoms with Gasteiger partial charge in [-0.05, 0) is 98.0 Å². The summed E-state index contributed by atoms with van der Waals surface area (Å²) in [6.45, 7) is 4.59. The van der Waals surface area contributed by atoms with Gasteiger partial charge in [0.15, 0.2) is 17.5 Å². The molecule has 9 rings (SSSR count). The molecule has 0 saturated carbocycles. The van der Waals surface area contributed by atoms with Crippen LogP contribution in [0.4, 0.5) is 0 Å². The lowest BCUT2D eigenvalue weighted by molar-refractivity contribution is 0.928. The molecule has 7 aromatic carbocycles. The Morgan fingerprint density at radius 1 is 0.540 bits per heavy atom. The first-order valence-corrected chi connectivity index (χ1v) is 17.7. The maximum absolute atomic E-state index is 5.25. The Labute approximate surface area is 293 Å². The molecule has 0 radical (unpaired) electrons. The number of nitrogens with zero attached hydrogens (tertiary/aromatic N) is 3. The van der Waals surface area contributed by atoms with Gasteiger partial charge in [-0.2, -0.15) is 0 Å². The Bertz CT molecular complexity index is 2580. The first-order valence-electron chi connectivity index (χ1n) is 17.7. The van der Waals surface area contributed by atoms with Crippen LogP contribution in [-0.4, -0.2) is 15.0 Å². The van der Waals surface area contributed by atoms with Crippen molar-refractivity contribution in [3.63, 3.8) is 0 Å². The summed E-state index contributed by atoms with van der Waals surface area (Å²) < 4.78 is 0. The number of aryl methyl sites for hydroxylation is 3. The molecule has 1 heterocycles. The fourth-order valence-electron chi connectivity index (χ4n) is 7.93. The Hall–Kier alpha value is -5.93. The fourth-order valence-corrected chi connectivity index (χ4v) is 7.93. The van der Waals surface area contributed by atoms with E-state index < -0.39 is 0 Å². The quantitative estimate of drug-likeness (QED) is 0.169. The van der Waals surface area contributed by atoms with E-state index in [2.05, 4.69) is 129 Å². The molecule has 0 fully saturated rings. The number of benzene rings is 7. The van der Waals surface area contributed by atoms with Crippen LogP contribution in [0, 0.1) is 6.92 Å². The molecule has 3 heteroatoms. The third kappa shape index (κ3) is 5.09. The SMILES string of the molecule is CCCc1c(-c2nc(-c3ccccc3)nc(-c3ccc(-c4ccccc4)cc3)n2)ccc2c3ccccc3c3cc4c(c(C)c3c12)C=CCC4. The van der Waals surface area contributed by atoms with E-state index in [9.17, 15) is 0 Å². The molecular weight excluding hydrogens is 607 g/mol. The number of aromatic nitrogens is 3. The lowest BCUT2D eigenvalue weighted by atomic mass is 9.82. The third-order valence-corrected chi connectivity index (χ3v) is 10.3. The molecular formula is C47H37N3. The van der Waals surface area contributed by atoms with Gasteiger partial charge in [0.1, 0.15) is 0 Å². The maximum Gasteiger partial charge on any atom is 0.164 e. The third-order valence-electron chi connectivity index (χ3n) is 10.3. The van der Waals surface area contributed by atoms with E-state index in [4.69, 9.17) is 15.0 Å². The minimum Gasteiger partial charge on any atom is -0.208 e. The molecule has 0 saturated heterocycles. The minimum atomic E-state index is 0.676. The Morgan fingerprint density at radius 2 is 1.12 bits per heavy atom. The van der Waals surface area contributed by atoms with Crippen molar-refractivity contribution in [3.05, 3.63) is 156 Å². The molecule has 8 aromatic rings. The zero-order valence-electron chi connectivity index (χ0n) is 28.4. The van der Waals surface area contributed by atoms with Crippen molar-refractivity contribution in [2.24, 2.45) is 0 Å². The van der Waals surface area contributed by atoms with Crippen LogP contribution in [0.1, 0.15) is 42.0 Å². The highest BCUT2D eigenvalue weighted by molar-refractivity contribution is 6.28. The smallest absolute Gasteiger partial charge is 0.164 e. The zero-order chi connectivity index (χ0) is 33.6. The molecule has 0 atom stereocenters. The van der Waals surface area contributed by atoms with E-state index in [1.54, 1.807) is 0 Å². The molecule has 1 aromatic heterocycles. The predicted octanol–water partition coefficient (Wildman–Crippen LogP) is 12.2. The summed E-state index contributed by atoms with van der Waals surface area (Å²) in [4.78, 5) is 15.5. The second-order valence-electron chi connectivity index (χ2n) is 13.4. The van der Waals surface area contributed by atoms with Crippen molar-refractivity contribution in [2.45, 2.75) is 39.5 Å². The standard InChI is InChI=1S/C47H37N3/c1-3-14-39-41(28-27-40-37-21-12-13-22-38(37)42-29-35-19-10-11-20-36(35)30(2)43(42)44(39)40)47-49-45(33-17-8-5-9-18-33)48-46(50-47)34-25-23-32(24-26-34)31-15-6-4-7-16-31/h4-9,11-13,15-18,20-29H,3,10,14,19H2,1-2H3. The normalized spacial score (nSPS) is 12.5. The topological polar surface area (TPSA) is 38.7 Å². The maximum atomic E-state index is 5.25. The number of hydrogen-bond acceptors (Lipinski definition) is 3. The van der Waals surface area contributed by atoms with Gasteiger partial charge in [0, 0.05) is 16.7 Å². The zero-order valence-corrected chi connectivity index (χ0v) is 28.4. The molecule has 0 amide bonds. The Kier molecular flexibility index (Phi) is 7.54. The highest BCUT2D eigenvalue weighted by Gasteiger charge is 2.22. The van der Waals surface area contributed by atoms with E-state index >= 15 is 0 Å². The number of fused-ring (bicyclic) bond motifs is 7. The van der Waals surface area contributed by atoms with Crippen LogP contribution < -0.4 is 0 Å². The van der Waals surface area contributed by atoms with Crippen LogP contribution in [0.25, 0.3) is 83.7 Å². The summed E-state index contributed by atoms with van der Waals surface area (Å²) >= 11 is 0. The largest absolute Gasteiger partial charge is 0.208 e. The Balaban J connectivity index is 1.32. The van der Waals surface area contributed by atoms with Gasteiger partial charge >= 0.3 is 0 Å². The molecule has 0 unspecified atom stereocenters. The number of allylic oxidation sites excluding steroid dienone is 1. The highest BCUT2D eigenvalue weighted by Crippen LogP contribution is 2.44. The van der Waals surface area contributed by atoms with Crippen molar-refractivity contribution in [3.8, 4) is 45.3 Å². The molecule has 240 valence electrons. The average Bonchev–Trinajstić information content (AvgIpc) is 3.19. The average molecular weight is 644 g/mol. The summed E-state index contributed by atoms with van der Waals surface area (Å²) in [6.07, 6.45) is 8.76. The monoisotopic (exact) mass is 643 g/mol. The van der Waals surface area contributed by atoms with Gasteiger partial charge in [-0.15, -0.1) is 0 Å². The predicted molar refractivity (Wildman–Crippen MR) is 210 cm³/mol. The van der Waals surface area contributed by atoms with Crippen molar-refractivity contribution < 1.29 is 0 Å². The van der Waals surface area contributed by atoms with E-state index in [-0.39, 0.29) is 0 Å². The van der Waals surface area contributed by atoms with E-state index in [1.165, 1.54) is 60.1 Å². The van der Waals surface area contributed by atoms with Gasteiger partial charge in [0.2, 0.25) is 0 Å². The first kappa shape index (κ1) is 30.2. The molecule has 0 bridgehead atoms. The van der Waals surface area contributed by atoms with E-state index in [1.807, 2.05) is 24.3 Å². The van der Waals surface area contributed by atoms with Gasteiger partial charge in [0.25, 0.3) is 0 Å². The molecule has 1 aliphatic rings. The summed E-state index contributed by atoms with van der Waals surface area (Å²) in [5.41, 5.74) is 10.9. The van der Waals surface area contributed by atoms with Crippen LogP contribution in [0.3, 0.4) is 0 Å². The molecule has 3 nitrogen and oxygen atoms in total. The van der Waals surface area contributed by atoms with Crippen LogP contribution in [0.5, 0.6) is 0 Å². The lowest BCUT2D eigenvalue weighted by Crippen LogP contribution is -2.04. The summed E-state index contributed by atoms with van der Waals surface area (Å²) in [7, 11) is 0. The second-order valence-corrected chi connectivity index (χ2v) is 13.4. The highest BCUT2D eigenvalue weighted by atomic mass is 15.0. The van der Waals surface area contributed by atoms with Gasteiger partial charge in [-0.3, -0.25) is 0 Å². The van der Waals surface area contributed by atoms with E-state index in [0.717, 1.165) is 47.9 Å². The van der Waals surface area contributed by atoms with Crippen molar-refractivity contribution in [2.75, 3.05) is 0 Å². The van der Waals surface area contributed by atoms with Crippen LogP contribution >= 0.6 is 0 Å². The molecule has 0 spiro atoms. The van der Waals surface area contributed by atoms with Gasteiger partial charge in [-0.25, -0.2) is 15.0 Å². The summed E-state index contributed by atoms with van der Waals surface area (Å²) in [6, 6.07) is 45.3. The van der Waals surface area contributed by atoms with Crippen molar-refractivity contribution >= 4 is 38.4 Å². The molecule has 50 heavy (non-hydrogen) atoms. The van der Waals surface area contributed by atoms with Crippen LogP contribution in [0.2, 0.25) is 0 Å².